The normalized spacial score (nSPS) is 19.2. The summed E-state index contributed by atoms with van der Waals surface area (Å²) < 4.78 is 26.5. The van der Waals surface area contributed by atoms with E-state index in [1.54, 1.807) is 28.6 Å². The molecular formula is C13H20N2O3S. The molecule has 0 saturated carbocycles. The van der Waals surface area contributed by atoms with Gasteiger partial charge in [0.1, 0.15) is 0 Å². The maximum Gasteiger partial charge on any atom is 0.243 e. The summed E-state index contributed by atoms with van der Waals surface area (Å²) in [6, 6.07) is 8.55. The van der Waals surface area contributed by atoms with Gasteiger partial charge in [0.15, 0.2) is 0 Å². The quantitative estimate of drug-likeness (QED) is 0.868. The highest BCUT2D eigenvalue weighted by molar-refractivity contribution is 7.89. The Labute approximate surface area is 114 Å². The van der Waals surface area contributed by atoms with E-state index < -0.39 is 10.0 Å². The van der Waals surface area contributed by atoms with Gasteiger partial charge in [-0.05, 0) is 25.1 Å². The molecule has 0 aliphatic carbocycles. The minimum Gasteiger partial charge on any atom is -0.395 e. The average molecular weight is 284 g/mol. The van der Waals surface area contributed by atoms with Gasteiger partial charge in [0.25, 0.3) is 0 Å². The number of sulfonamides is 1. The van der Waals surface area contributed by atoms with Gasteiger partial charge in [0, 0.05) is 26.2 Å². The molecule has 0 amide bonds. The van der Waals surface area contributed by atoms with Crippen LogP contribution in [0.2, 0.25) is 0 Å². The first-order valence-electron chi connectivity index (χ1n) is 6.53. The second-order valence-electron chi connectivity index (χ2n) is 4.64. The molecule has 0 bridgehead atoms. The standard InChI is InChI=1S/C13H20N2O3S/c16-12-11-14-7-4-8-15(10-9-14)19(17,18)13-5-2-1-3-6-13/h1-3,5-6,16H,4,7-12H2. The van der Waals surface area contributed by atoms with Crippen molar-refractivity contribution in [3.63, 3.8) is 0 Å². The Hall–Kier alpha value is -0.950. The zero-order valence-electron chi connectivity index (χ0n) is 10.9. The van der Waals surface area contributed by atoms with Crippen LogP contribution in [0.4, 0.5) is 0 Å². The lowest BCUT2D eigenvalue weighted by Crippen LogP contribution is -2.35. The van der Waals surface area contributed by atoms with E-state index in [9.17, 15) is 8.42 Å². The summed E-state index contributed by atoms with van der Waals surface area (Å²) >= 11 is 0. The van der Waals surface area contributed by atoms with Crippen LogP contribution in [0.25, 0.3) is 0 Å². The van der Waals surface area contributed by atoms with E-state index in [2.05, 4.69) is 4.90 Å². The molecule has 0 aromatic heterocycles. The zero-order valence-corrected chi connectivity index (χ0v) is 11.7. The molecule has 1 aliphatic heterocycles. The lowest BCUT2D eigenvalue weighted by atomic mass is 10.4. The van der Waals surface area contributed by atoms with Gasteiger partial charge in [-0.3, -0.25) is 4.90 Å². The van der Waals surface area contributed by atoms with E-state index in [4.69, 9.17) is 5.11 Å². The highest BCUT2D eigenvalue weighted by atomic mass is 32.2. The van der Waals surface area contributed by atoms with Crippen molar-refractivity contribution in [1.29, 1.82) is 0 Å². The van der Waals surface area contributed by atoms with Crippen molar-refractivity contribution in [2.75, 3.05) is 39.3 Å². The van der Waals surface area contributed by atoms with E-state index in [1.807, 2.05) is 6.07 Å². The lowest BCUT2D eigenvalue weighted by molar-refractivity contribution is 0.202. The highest BCUT2D eigenvalue weighted by Crippen LogP contribution is 2.17. The molecule has 1 aromatic carbocycles. The van der Waals surface area contributed by atoms with Crippen LogP contribution in [0, 0.1) is 0 Å². The van der Waals surface area contributed by atoms with Crippen LogP contribution in [0.5, 0.6) is 0 Å². The minimum absolute atomic E-state index is 0.117. The number of aliphatic hydroxyl groups is 1. The SMILES string of the molecule is O=S(=O)(c1ccccc1)N1CCCN(CCO)CC1. The Bertz CT molecular complexity index is 490. The molecule has 0 radical (unpaired) electrons. The first kappa shape index (κ1) is 14.5. The average Bonchev–Trinajstić information content (AvgIpc) is 2.66. The minimum atomic E-state index is -3.38. The van der Waals surface area contributed by atoms with E-state index in [-0.39, 0.29) is 6.61 Å². The first-order valence-corrected chi connectivity index (χ1v) is 7.97. The zero-order chi connectivity index (χ0) is 13.7. The summed E-state index contributed by atoms with van der Waals surface area (Å²) in [4.78, 5) is 2.45. The van der Waals surface area contributed by atoms with Gasteiger partial charge in [-0.15, -0.1) is 0 Å². The summed E-state index contributed by atoms with van der Waals surface area (Å²) in [5, 5.41) is 8.94. The maximum atomic E-state index is 12.5. The maximum absolute atomic E-state index is 12.5. The third-order valence-electron chi connectivity index (χ3n) is 3.34. The molecule has 1 fully saturated rings. The Balaban J connectivity index is 2.10. The smallest absolute Gasteiger partial charge is 0.243 e. The fraction of sp³-hybridized carbons (Fsp3) is 0.538. The number of rotatable bonds is 4. The summed E-state index contributed by atoms with van der Waals surface area (Å²) in [6.07, 6.45) is 0.798. The van der Waals surface area contributed by atoms with Crippen molar-refractivity contribution < 1.29 is 13.5 Å². The molecule has 5 nitrogen and oxygen atoms in total. The molecule has 1 heterocycles. The molecule has 106 valence electrons. The molecule has 19 heavy (non-hydrogen) atoms. The van der Waals surface area contributed by atoms with Crippen LogP contribution >= 0.6 is 0 Å². The van der Waals surface area contributed by atoms with Crippen molar-refractivity contribution in [2.24, 2.45) is 0 Å². The van der Waals surface area contributed by atoms with Crippen molar-refractivity contribution in [3.8, 4) is 0 Å². The fourth-order valence-electron chi connectivity index (χ4n) is 2.29. The van der Waals surface area contributed by atoms with Crippen molar-refractivity contribution >= 4 is 10.0 Å². The molecule has 1 N–H and O–H groups in total. The predicted octanol–water partition coefficient (Wildman–Crippen LogP) is 0.375. The molecule has 1 aliphatic rings. The van der Waals surface area contributed by atoms with Gasteiger partial charge in [-0.2, -0.15) is 4.31 Å². The van der Waals surface area contributed by atoms with E-state index in [0.29, 0.717) is 31.1 Å². The summed E-state index contributed by atoms with van der Waals surface area (Å²) in [5.41, 5.74) is 0. The van der Waals surface area contributed by atoms with Gasteiger partial charge in [-0.1, -0.05) is 18.2 Å². The molecule has 6 heteroatoms. The Kier molecular flexibility index (Phi) is 4.93. The van der Waals surface area contributed by atoms with Gasteiger partial charge in [-0.25, -0.2) is 8.42 Å². The van der Waals surface area contributed by atoms with E-state index in [1.165, 1.54) is 0 Å². The summed E-state index contributed by atoms with van der Waals surface area (Å²) in [7, 11) is -3.38. The van der Waals surface area contributed by atoms with Gasteiger partial charge in [0.05, 0.1) is 11.5 Å². The third-order valence-corrected chi connectivity index (χ3v) is 5.26. The van der Waals surface area contributed by atoms with Crippen molar-refractivity contribution in [1.82, 2.24) is 9.21 Å². The lowest BCUT2D eigenvalue weighted by Gasteiger charge is -2.21. The van der Waals surface area contributed by atoms with Crippen LogP contribution in [-0.2, 0) is 10.0 Å². The first-order chi connectivity index (χ1) is 9.14. The molecule has 2 rings (SSSR count). The second-order valence-corrected chi connectivity index (χ2v) is 6.57. The van der Waals surface area contributed by atoms with E-state index >= 15 is 0 Å². The second kappa shape index (κ2) is 6.47. The predicted molar refractivity (Wildman–Crippen MR) is 73.3 cm³/mol. The highest BCUT2D eigenvalue weighted by Gasteiger charge is 2.26. The number of β-amino-alcohol motifs (C(OH)–C–C–N with tert-alkyl or cyclic N) is 1. The number of aliphatic hydroxyl groups excluding tert-OH is 1. The largest absolute Gasteiger partial charge is 0.395 e. The number of benzene rings is 1. The van der Waals surface area contributed by atoms with Crippen LogP contribution in [0.3, 0.4) is 0 Å². The summed E-state index contributed by atoms with van der Waals surface area (Å²) in [5.74, 6) is 0. The molecule has 1 saturated heterocycles. The Morgan fingerprint density at radius 2 is 1.79 bits per heavy atom. The fourth-order valence-corrected chi connectivity index (χ4v) is 3.78. The molecule has 0 atom stereocenters. The Morgan fingerprint density at radius 1 is 1.05 bits per heavy atom. The van der Waals surface area contributed by atoms with Crippen LogP contribution < -0.4 is 0 Å². The van der Waals surface area contributed by atoms with Crippen molar-refractivity contribution in [3.05, 3.63) is 30.3 Å². The van der Waals surface area contributed by atoms with Crippen molar-refractivity contribution in [2.45, 2.75) is 11.3 Å². The third kappa shape index (κ3) is 3.54. The van der Waals surface area contributed by atoms with Gasteiger partial charge >= 0.3 is 0 Å². The van der Waals surface area contributed by atoms with Gasteiger partial charge in [0.2, 0.25) is 10.0 Å². The molecular weight excluding hydrogens is 264 g/mol. The van der Waals surface area contributed by atoms with E-state index in [0.717, 1.165) is 13.0 Å². The summed E-state index contributed by atoms with van der Waals surface area (Å²) in [6.45, 7) is 3.26. The van der Waals surface area contributed by atoms with Gasteiger partial charge < -0.3 is 5.11 Å². The van der Waals surface area contributed by atoms with Crippen LogP contribution in [-0.4, -0.2) is 62.1 Å². The Morgan fingerprint density at radius 3 is 2.47 bits per heavy atom. The molecule has 0 unspecified atom stereocenters. The monoisotopic (exact) mass is 284 g/mol. The number of hydrogen-bond acceptors (Lipinski definition) is 4. The number of nitrogens with zero attached hydrogens (tertiary/aromatic N) is 2. The number of hydrogen-bond donors (Lipinski definition) is 1. The molecule has 0 spiro atoms. The topological polar surface area (TPSA) is 60.9 Å². The van der Waals surface area contributed by atoms with Crippen LogP contribution in [0.1, 0.15) is 6.42 Å². The molecule has 1 aromatic rings. The van der Waals surface area contributed by atoms with Crippen LogP contribution in [0.15, 0.2) is 35.2 Å².